The number of carbonyl (C=O) groups excluding carboxylic acids is 1. The topological polar surface area (TPSA) is 117 Å². The fourth-order valence-electron chi connectivity index (χ4n) is 3.35. The van der Waals surface area contributed by atoms with E-state index in [0.717, 1.165) is 11.1 Å². The third kappa shape index (κ3) is 3.49. The minimum Gasteiger partial charge on any atom is -0.493 e. The van der Waals surface area contributed by atoms with Gasteiger partial charge in [-0.3, -0.25) is 4.79 Å². The van der Waals surface area contributed by atoms with Crippen molar-refractivity contribution < 1.29 is 14.3 Å². The Morgan fingerprint density at radius 3 is 2.72 bits per heavy atom. The third-order valence-corrected chi connectivity index (χ3v) is 4.72. The number of fused-ring (bicyclic) bond motifs is 1. The molecule has 148 valence electrons. The molecular formula is C20H20N6O3. The first kappa shape index (κ1) is 18.5. The number of anilines is 1. The van der Waals surface area contributed by atoms with Crippen molar-refractivity contribution in [1.82, 2.24) is 20.2 Å². The Bertz CT molecular complexity index is 1080. The molecule has 0 saturated carbocycles. The van der Waals surface area contributed by atoms with Crippen molar-refractivity contribution in [2.75, 3.05) is 12.4 Å². The molecule has 4 rings (SSSR count). The van der Waals surface area contributed by atoms with Gasteiger partial charge in [0, 0.05) is 5.70 Å². The summed E-state index contributed by atoms with van der Waals surface area (Å²) >= 11 is 0. The average Bonchev–Trinajstić information content (AvgIpc) is 3.19. The van der Waals surface area contributed by atoms with Gasteiger partial charge in [0.25, 0.3) is 0 Å². The first-order valence-electron chi connectivity index (χ1n) is 8.98. The van der Waals surface area contributed by atoms with Gasteiger partial charge in [0.1, 0.15) is 12.6 Å². The summed E-state index contributed by atoms with van der Waals surface area (Å²) < 4.78 is 13.0. The van der Waals surface area contributed by atoms with Gasteiger partial charge in [-0.05, 0) is 40.6 Å². The highest BCUT2D eigenvalue weighted by Crippen LogP contribution is 2.38. The molecule has 2 aromatic carbocycles. The Kier molecular flexibility index (Phi) is 4.86. The van der Waals surface area contributed by atoms with Gasteiger partial charge in [0.2, 0.25) is 11.9 Å². The summed E-state index contributed by atoms with van der Waals surface area (Å²) in [6.45, 7) is 2.14. The van der Waals surface area contributed by atoms with Crippen LogP contribution in [0.15, 0.2) is 59.8 Å². The van der Waals surface area contributed by atoms with Crippen molar-refractivity contribution in [1.29, 1.82) is 0 Å². The first-order chi connectivity index (χ1) is 14.1. The fraction of sp³-hybridized carbons (Fsp3) is 0.200. The monoisotopic (exact) mass is 392 g/mol. The van der Waals surface area contributed by atoms with Gasteiger partial charge in [-0.15, -0.1) is 0 Å². The molecule has 1 aliphatic rings. The highest BCUT2D eigenvalue weighted by molar-refractivity contribution is 5.95. The van der Waals surface area contributed by atoms with E-state index in [-0.39, 0.29) is 0 Å². The van der Waals surface area contributed by atoms with Crippen LogP contribution in [0.2, 0.25) is 0 Å². The zero-order valence-electron chi connectivity index (χ0n) is 16.0. The Morgan fingerprint density at radius 1 is 1.21 bits per heavy atom. The van der Waals surface area contributed by atoms with Crippen molar-refractivity contribution in [3.05, 3.63) is 70.9 Å². The molecule has 0 saturated heterocycles. The van der Waals surface area contributed by atoms with E-state index in [4.69, 9.17) is 15.2 Å². The number of tetrazole rings is 1. The summed E-state index contributed by atoms with van der Waals surface area (Å²) in [6.07, 6.45) is 0. The van der Waals surface area contributed by atoms with Crippen LogP contribution in [-0.4, -0.2) is 33.2 Å². The van der Waals surface area contributed by atoms with Crippen LogP contribution >= 0.6 is 0 Å². The molecule has 29 heavy (non-hydrogen) atoms. The molecule has 3 aromatic rings. The highest BCUT2D eigenvalue weighted by Gasteiger charge is 2.33. The molecule has 1 aromatic heterocycles. The van der Waals surface area contributed by atoms with E-state index < -0.39 is 11.9 Å². The number of nitrogens with zero attached hydrogens (tertiary/aromatic N) is 4. The second-order valence-electron chi connectivity index (χ2n) is 6.56. The SMILES string of the molecule is COc1ccc([C@H]2C(C(N)=O)=C(C)Nc3nnnn32)cc1OCc1ccccc1. The Labute approximate surface area is 167 Å². The van der Waals surface area contributed by atoms with Crippen molar-refractivity contribution in [3.8, 4) is 11.5 Å². The van der Waals surface area contributed by atoms with E-state index in [1.165, 1.54) is 4.68 Å². The molecule has 0 fully saturated rings. The number of nitrogens with two attached hydrogens (primary N) is 1. The van der Waals surface area contributed by atoms with Gasteiger partial charge in [-0.25, -0.2) is 0 Å². The maximum Gasteiger partial charge on any atom is 0.248 e. The second-order valence-corrected chi connectivity index (χ2v) is 6.56. The molecule has 3 N–H and O–H groups in total. The van der Waals surface area contributed by atoms with Crippen molar-refractivity contribution in [2.24, 2.45) is 5.73 Å². The van der Waals surface area contributed by atoms with Crippen molar-refractivity contribution in [3.63, 3.8) is 0 Å². The number of ether oxygens (including phenoxy) is 2. The Morgan fingerprint density at radius 2 is 2.00 bits per heavy atom. The normalized spacial score (nSPS) is 15.4. The minimum absolute atomic E-state index is 0.376. The summed E-state index contributed by atoms with van der Waals surface area (Å²) in [4.78, 5) is 12.2. The van der Waals surface area contributed by atoms with E-state index in [9.17, 15) is 4.79 Å². The van der Waals surface area contributed by atoms with Crippen molar-refractivity contribution in [2.45, 2.75) is 19.6 Å². The molecule has 1 aliphatic heterocycles. The number of hydrogen-bond donors (Lipinski definition) is 2. The molecule has 0 bridgehead atoms. The number of rotatable bonds is 6. The zero-order chi connectivity index (χ0) is 20.4. The molecule has 1 amide bonds. The first-order valence-corrected chi connectivity index (χ1v) is 8.98. The number of carbonyl (C=O) groups is 1. The van der Waals surface area contributed by atoms with E-state index in [1.54, 1.807) is 20.1 Å². The van der Waals surface area contributed by atoms with Gasteiger partial charge in [-0.1, -0.05) is 41.5 Å². The van der Waals surface area contributed by atoms with E-state index >= 15 is 0 Å². The molecule has 9 heteroatoms. The van der Waals surface area contributed by atoms with Crippen LogP contribution in [0.4, 0.5) is 5.95 Å². The lowest BCUT2D eigenvalue weighted by atomic mass is 9.95. The molecule has 0 unspecified atom stereocenters. The van der Waals surface area contributed by atoms with E-state index in [2.05, 4.69) is 20.8 Å². The molecule has 0 radical (unpaired) electrons. The van der Waals surface area contributed by atoms with Gasteiger partial charge >= 0.3 is 0 Å². The van der Waals surface area contributed by atoms with Crippen LogP contribution in [0.3, 0.4) is 0 Å². The zero-order valence-corrected chi connectivity index (χ0v) is 16.0. The summed E-state index contributed by atoms with van der Waals surface area (Å²) in [5.41, 5.74) is 8.42. The van der Waals surface area contributed by atoms with Gasteiger partial charge in [0.15, 0.2) is 11.5 Å². The number of allylic oxidation sites excluding steroid dienone is 1. The number of aromatic nitrogens is 4. The lowest BCUT2D eigenvalue weighted by Crippen LogP contribution is -2.31. The number of benzene rings is 2. The summed E-state index contributed by atoms with van der Waals surface area (Å²) in [6, 6.07) is 14.7. The Hall–Kier alpha value is -3.88. The van der Waals surface area contributed by atoms with Crippen LogP contribution in [0.25, 0.3) is 0 Å². The Balaban J connectivity index is 1.74. The van der Waals surface area contributed by atoms with Crippen LogP contribution in [0, 0.1) is 0 Å². The smallest absolute Gasteiger partial charge is 0.248 e. The predicted molar refractivity (Wildman–Crippen MR) is 105 cm³/mol. The molecular weight excluding hydrogens is 372 g/mol. The lowest BCUT2D eigenvalue weighted by molar-refractivity contribution is -0.115. The maximum absolute atomic E-state index is 12.2. The summed E-state index contributed by atoms with van der Waals surface area (Å²) in [5, 5.41) is 14.7. The van der Waals surface area contributed by atoms with Gasteiger partial charge in [-0.2, -0.15) is 4.68 Å². The number of methoxy groups -OCH3 is 1. The predicted octanol–water partition coefficient (Wildman–Crippen LogP) is 2.03. The standard InChI is InChI=1S/C20H20N6O3/c1-12-17(19(21)27)18(26-20(22-12)23-24-25-26)14-8-9-15(28-2)16(10-14)29-11-13-6-4-3-5-7-13/h3-10,18H,11H2,1-2H3,(H2,21,27)(H,22,23,25)/t18-/m0/s1. The quantitative estimate of drug-likeness (QED) is 0.659. The molecule has 2 heterocycles. The molecule has 0 aliphatic carbocycles. The maximum atomic E-state index is 12.2. The minimum atomic E-state index is -0.580. The summed E-state index contributed by atoms with van der Waals surface area (Å²) in [5.74, 6) is 1.00. The molecule has 9 nitrogen and oxygen atoms in total. The number of amides is 1. The largest absolute Gasteiger partial charge is 0.493 e. The van der Waals surface area contributed by atoms with Crippen molar-refractivity contribution >= 4 is 11.9 Å². The lowest BCUT2D eigenvalue weighted by Gasteiger charge is -2.27. The van der Waals surface area contributed by atoms with Crippen LogP contribution < -0.4 is 20.5 Å². The van der Waals surface area contributed by atoms with Crippen LogP contribution in [0.5, 0.6) is 11.5 Å². The number of hydrogen-bond acceptors (Lipinski definition) is 7. The average molecular weight is 392 g/mol. The number of primary amides is 1. The molecule has 1 atom stereocenters. The molecule has 0 spiro atoms. The van der Waals surface area contributed by atoms with Crippen LogP contribution in [0.1, 0.15) is 24.1 Å². The number of nitrogens with one attached hydrogen (secondary N) is 1. The van der Waals surface area contributed by atoms with Crippen LogP contribution in [-0.2, 0) is 11.4 Å². The van der Waals surface area contributed by atoms with Gasteiger partial charge < -0.3 is 20.5 Å². The highest BCUT2D eigenvalue weighted by atomic mass is 16.5. The fourth-order valence-corrected chi connectivity index (χ4v) is 3.35. The van der Waals surface area contributed by atoms with Gasteiger partial charge in [0.05, 0.1) is 12.7 Å². The van der Waals surface area contributed by atoms with E-state index in [0.29, 0.717) is 35.3 Å². The second kappa shape index (κ2) is 7.63. The van der Waals surface area contributed by atoms with E-state index in [1.807, 2.05) is 42.5 Å². The summed E-state index contributed by atoms with van der Waals surface area (Å²) in [7, 11) is 1.58. The third-order valence-electron chi connectivity index (χ3n) is 4.72.